The van der Waals surface area contributed by atoms with Crippen LogP contribution in [-0.4, -0.2) is 68.9 Å². The maximum absolute atomic E-state index is 12.5. The van der Waals surface area contributed by atoms with Crippen LogP contribution in [0.2, 0.25) is 0 Å². The molecule has 0 aliphatic carbocycles. The molecule has 1 amide bonds. The van der Waals surface area contributed by atoms with Gasteiger partial charge in [0.25, 0.3) is 5.91 Å². The molecule has 1 aromatic rings. The maximum atomic E-state index is 12.5. The van der Waals surface area contributed by atoms with Gasteiger partial charge in [-0.05, 0) is 6.92 Å². The Hall–Kier alpha value is -1.38. The lowest BCUT2D eigenvalue weighted by Gasteiger charge is -2.26. The highest BCUT2D eigenvalue weighted by atomic mass is 32.1. The molecule has 1 aliphatic heterocycles. The summed E-state index contributed by atoms with van der Waals surface area (Å²) < 4.78 is 10.4. The highest BCUT2D eigenvalue weighted by Gasteiger charge is 2.25. The number of aromatic nitrogens is 1. The number of hydrogen-bond acceptors (Lipinski definition) is 7. The van der Waals surface area contributed by atoms with E-state index in [1.54, 1.807) is 19.1 Å². The summed E-state index contributed by atoms with van der Waals surface area (Å²) in [7, 11) is 3.37. The molecule has 118 valence electrons. The fourth-order valence-electron chi connectivity index (χ4n) is 2.08. The fraction of sp³-hybridized carbons (Fsp3) is 0.692. The number of nitrogen functional groups attached to an aromatic ring is 1. The molecule has 21 heavy (non-hydrogen) atoms. The Bertz CT molecular complexity index is 488. The first-order valence-electron chi connectivity index (χ1n) is 6.89. The zero-order chi connectivity index (χ0) is 15.4. The molecule has 1 unspecified atom stereocenters. The van der Waals surface area contributed by atoms with E-state index in [-0.39, 0.29) is 11.9 Å². The summed E-state index contributed by atoms with van der Waals surface area (Å²) in [6.45, 7) is 5.31. The van der Waals surface area contributed by atoms with Crippen molar-refractivity contribution in [1.29, 1.82) is 0 Å². The van der Waals surface area contributed by atoms with Gasteiger partial charge < -0.3 is 25.0 Å². The second kappa shape index (κ2) is 7.06. The predicted octanol–water partition coefficient (Wildman–Crippen LogP) is 0.669. The largest absolute Gasteiger partial charge is 0.383 e. The number of thiazole rings is 1. The number of nitrogens with two attached hydrogens (primary N) is 1. The minimum absolute atomic E-state index is 0.0177. The molecule has 0 bridgehead atoms. The molecule has 2 rings (SSSR count). The van der Waals surface area contributed by atoms with Gasteiger partial charge in [-0.1, -0.05) is 11.3 Å². The van der Waals surface area contributed by atoms with Crippen LogP contribution in [0.3, 0.4) is 0 Å². The minimum atomic E-state index is -0.117. The number of nitrogens with zero attached hydrogens (tertiary/aromatic N) is 3. The minimum Gasteiger partial charge on any atom is -0.383 e. The molecule has 1 aromatic heterocycles. The van der Waals surface area contributed by atoms with Crippen molar-refractivity contribution in [2.24, 2.45) is 0 Å². The summed E-state index contributed by atoms with van der Waals surface area (Å²) in [5, 5.41) is 0.784. The van der Waals surface area contributed by atoms with Gasteiger partial charge in [-0.2, -0.15) is 0 Å². The zero-order valence-corrected chi connectivity index (χ0v) is 13.5. The van der Waals surface area contributed by atoms with Crippen LogP contribution in [-0.2, 0) is 9.47 Å². The summed E-state index contributed by atoms with van der Waals surface area (Å²) >= 11 is 1.34. The molecule has 2 N–H and O–H groups in total. The topological polar surface area (TPSA) is 80.9 Å². The van der Waals surface area contributed by atoms with Gasteiger partial charge in [0.05, 0.1) is 25.9 Å². The number of carbonyl (C=O) groups excluding carboxylic acids is 1. The molecular weight excluding hydrogens is 292 g/mol. The van der Waals surface area contributed by atoms with Crippen LogP contribution in [0.25, 0.3) is 0 Å². The fourth-order valence-corrected chi connectivity index (χ4v) is 3.10. The molecule has 0 spiro atoms. The van der Waals surface area contributed by atoms with Gasteiger partial charge in [0, 0.05) is 27.2 Å². The van der Waals surface area contributed by atoms with E-state index in [0.717, 1.165) is 18.2 Å². The van der Waals surface area contributed by atoms with Gasteiger partial charge in [-0.15, -0.1) is 0 Å². The Morgan fingerprint density at radius 3 is 2.86 bits per heavy atom. The Morgan fingerprint density at radius 2 is 2.24 bits per heavy atom. The van der Waals surface area contributed by atoms with Gasteiger partial charge in [-0.3, -0.25) is 4.79 Å². The lowest BCUT2D eigenvalue weighted by molar-refractivity contribution is 0.0639. The number of likely N-dealkylation sites (N-methyl/N-ethyl adjacent to an activating group) is 1. The van der Waals surface area contributed by atoms with Crippen molar-refractivity contribution >= 4 is 28.2 Å². The Balaban J connectivity index is 2.12. The third-order valence-electron chi connectivity index (χ3n) is 3.51. The van der Waals surface area contributed by atoms with Crippen molar-refractivity contribution in [2.75, 3.05) is 57.7 Å². The molecule has 0 radical (unpaired) electrons. The molecule has 1 atom stereocenters. The first-order valence-corrected chi connectivity index (χ1v) is 7.71. The number of amides is 1. The zero-order valence-electron chi connectivity index (χ0n) is 12.7. The first-order chi connectivity index (χ1) is 10.0. The van der Waals surface area contributed by atoms with Crippen molar-refractivity contribution in [1.82, 2.24) is 9.88 Å². The molecule has 2 heterocycles. The molecule has 7 nitrogen and oxygen atoms in total. The Kier molecular flexibility index (Phi) is 5.38. The molecular formula is C13H22N4O3S. The second-order valence-electron chi connectivity index (χ2n) is 5.03. The summed E-state index contributed by atoms with van der Waals surface area (Å²) in [6.07, 6.45) is 0. The van der Waals surface area contributed by atoms with E-state index in [1.165, 1.54) is 11.3 Å². The Morgan fingerprint density at radius 1 is 1.57 bits per heavy atom. The van der Waals surface area contributed by atoms with Crippen molar-refractivity contribution in [3.05, 3.63) is 4.88 Å². The second-order valence-corrected chi connectivity index (χ2v) is 6.01. The van der Waals surface area contributed by atoms with Crippen LogP contribution in [0.5, 0.6) is 0 Å². The SMILES string of the molecule is COCC(C)N(C)C(=O)c1sc(N2CCOCC2)nc1N. The number of carbonyl (C=O) groups is 1. The van der Waals surface area contributed by atoms with E-state index in [2.05, 4.69) is 9.88 Å². The van der Waals surface area contributed by atoms with Gasteiger partial charge in [0.1, 0.15) is 10.7 Å². The maximum Gasteiger partial charge on any atom is 0.267 e. The van der Waals surface area contributed by atoms with E-state index < -0.39 is 0 Å². The third-order valence-corrected chi connectivity index (χ3v) is 4.63. The van der Waals surface area contributed by atoms with Gasteiger partial charge >= 0.3 is 0 Å². The number of morpholine rings is 1. The summed E-state index contributed by atoms with van der Waals surface area (Å²) in [5.74, 6) is 0.178. The number of hydrogen-bond donors (Lipinski definition) is 1. The van der Waals surface area contributed by atoms with E-state index >= 15 is 0 Å². The van der Waals surface area contributed by atoms with Crippen LogP contribution < -0.4 is 10.6 Å². The lowest BCUT2D eigenvalue weighted by Crippen LogP contribution is -2.37. The van der Waals surface area contributed by atoms with Crippen LogP contribution in [0.1, 0.15) is 16.6 Å². The highest BCUT2D eigenvalue weighted by Crippen LogP contribution is 2.29. The van der Waals surface area contributed by atoms with Crippen LogP contribution in [0.15, 0.2) is 0 Å². The average Bonchev–Trinajstić information content (AvgIpc) is 2.89. The number of rotatable bonds is 5. The number of anilines is 2. The average molecular weight is 314 g/mol. The van der Waals surface area contributed by atoms with Crippen LogP contribution >= 0.6 is 11.3 Å². The molecule has 0 saturated carbocycles. The predicted molar refractivity (Wildman–Crippen MR) is 83.0 cm³/mol. The Labute approximate surface area is 128 Å². The summed E-state index contributed by atoms with van der Waals surface area (Å²) in [4.78, 5) is 21.0. The van der Waals surface area contributed by atoms with Crippen molar-refractivity contribution in [3.8, 4) is 0 Å². The standard InChI is InChI=1S/C13H22N4O3S/c1-9(8-19-3)16(2)12(18)10-11(14)15-13(21-10)17-4-6-20-7-5-17/h9H,4-8,14H2,1-3H3. The quantitative estimate of drug-likeness (QED) is 0.860. The number of methoxy groups -OCH3 is 1. The van der Waals surface area contributed by atoms with E-state index in [9.17, 15) is 4.79 Å². The molecule has 1 fully saturated rings. The van der Waals surface area contributed by atoms with Crippen molar-refractivity contribution < 1.29 is 14.3 Å². The normalized spacial score (nSPS) is 16.8. The highest BCUT2D eigenvalue weighted by molar-refractivity contribution is 7.18. The van der Waals surface area contributed by atoms with Crippen LogP contribution in [0.4, 0.5) is 10.9 Å². The molecule has 0 aromatic carbocycles. The molecule has 1 aliphatic rings. The van der Waals surface area contributed by atoms with E-state index in [1.807, 2.05) is 6.92 Å². The summed E-state index contributed by atoms with van der Waals surface area (Å²) in [5.41, 5.74) is 5.92. The van der Waals surface area contributed by atoms with Crippen LogP contribution in [0, 0.1) is 0 Å². The van der Waals surface area contributed by atoms with E-state index in [0.29, 0.717) is 30.5 Å². The summed E-state index contributed by atoms with van der Waals surface area (Å²) in [6, 6.07) is -0.0177. The van der Waals surface area contributed by atoms with Gasteiger partial charge in [-0.25, -0.2) is 4.98 Å². The van der Waals surface area contributed by atoms with Crippen molar-refractivity contribution in [3.63, 3.8) is 0 Å². The smallest absolute Gasteiger partial charge is 0.267 e. The van der Waals surface area contributed by atoms with Crippen molar-refractivity contribution in [2.45, 2.75) is 13.0 Å². The molecule has 1 saturated heterocycles. The monoisotopic (exact) mass is 314 g/mol. The van der Waals surface area contributed by atoms with Gasteiger partial charge in [0.15, 0.2) is 5.13 Å². The first kappa shape index (κ1) is 16.0. The van der Waals surface area contributed by atoms with E-state index in [4.69, 9.17) is 15.2 Å². The number of ether oxygens (including phenoxy) is 2. The lowest BCUT2D eigenvalue weighted by atomic mass is 10.3. The van der Waals surface area contributed by atoms with Gasteiger partial charge in [0.2, 0.25) is 0 Å². The third kappa shape index (κ3) is 3.63. The molecule has 8 heteroatoms.